The van der Waals surface area contributed by atoms with Crippen LogP contribution in [0.5, 0.6) is 0 Å². The average molecular weight is 557 g/mol. The van der Waals surface area contributed by atoms with E-state index in [4.69, 9.17) is 21.3 Å². The summed E-state index contributed by atoms with van der Waals surface area (Å²) < 4.78 is 7.47. The molecule has 0 radical (unpaired) electrons. The van der Waals surface area contributed by atoms with Crippen LogP contribution in [0.1, 0.15) is 51.2 Å². The Morgan fingerprint density at radius 1 is 1.13 bits per heavy atom. The molecule has 1 atom stereocenters. The number of amides is 1. The van der Waals surface area contributed by atoms with E-state index in [1.54, 1.807) is 23.7 Å². The molecule has 8 nitrogen and oxygen atoms in total. The summed E-state index contributed by atoms with van der Waals surface area (Å²) in [5.74, 6) is 7.98. The van der Waals surface area contributed by atoms with Crippen LogP contribution < -0.4 is 0 Å². The summed E-state index contributed by atoms with van der Waals surface area (Å²) in [5, 5.41) is 10.5. The molecule has 10 heteroatoms. The molecule has 0 N–H and O–H groups in total. The van der Waals surface area contributed by atoms with Crippen molar-refractivity contribution in [3.8, 4) is 16.8 Å². The van der Waals surface area contributed by atoms with Crippen LogP contribution in [0, 0.1) is 25.7 Å². The summed E-state index contributed by atoms with van der Waals surface area (Å²) >= 11 is 7.81. The Labute approximate surface area is 235 Å². The van der Waals surface area contributed by atoms with E-state index in [9.17, 15) is 4.79 Å². The molecule has 1 saturated heterocycles. The maximum absolute atomic E-state index is 13.3. The van der Waals surface area contributed by atoms with Gasteiger partial charge in [-0.3, -0.25) is 19.3 Å². The Morgan fingerprint density at radius 2 is 1.92 bits per heavy atom. The van der Waals surface area contributed by atoms with E-state index in [1.165, 1.54) is 0 Å². The molecule has 0 aliphatic carbocycles. The molecule has 1 fully saturated rings. The summed E-state index contributed by atoms with van der Waals surface area (Å²) in [4.78, 5) is 25.5. The molecular formula is C29H25ClN6O2S. The summed E-state index contributed by atoms with van der Waals surface area (Å²) in [6.45, 7) is 6.23. The number of rotatable bonds is 3. The van der Waals surface area contributed by atoms with Crippen molar-refractivity contribution in [1.82, 2.24) is 24.6 Å². The van der Waals surface area contributed by atoms with Crippen molar-refractivity contribution in [1.29, 1.82) is 0 Å². The standard InChI is InChI=1S/C29H25ClN6O2S/c1-18-24(10-5-20-4-3-11-31-17-20)39-29-26(18)27(21-6-8-22(30)9-7-21)32-23(28-34-33-19(2)36(28)29)16-25(37)35-12-14-38-15-13-35/h3-4,6-9,11,17,23H,12-16H2,1-2H3/t23-/m0/s1. The molecule has 2 aliphatic heterocycles. The molecular weight excluding hydrogens is 532 g/mol. The third-order valence-electron chi connectivity index (χ3n) is 6.83. The minimum Gasteiger partial charge on any atom is -0.378 e. The van der Waals surface area contributed by atoms with Gasteiger partial charge in [0.05, 0.1) is 30.2 Å². The largest absolute Gasteiger partial charge is 0.378 e. The quantitative estimate of drug-likeness (QED) is 0.346. The monoisotopic (exact) mass is 556 g/mol. The zero-order valence-corrected chi connectivity index (χ0v) is 23.1. The number of hydrogen-bond acceptors (Lipinski definition) is 7. The van der Waals surface area contributed by atoms with Gasteiger partial charge < -0.3 is 9.64 Å². The highest BCUT2D eigenvalue weighted by atomic mass is 35.5. The van der Waals surface area contributed by atoms with Gasteiger partial charge in [0, 0.05) is 47.2 Å². The topological polar surface area (TPSA) is 85.5 Å². The second-order valence-corrected chi connectivity index (χ2v) is 10.8. The van der Waals surface area contributed by atoms with E-state index >= 15 is 0 Å². The number of ether oxygens (including phenoxy) is 1. The fourth-order valence-corrected chi connectivity index (χ4v) is 6.16. The minimum absolute atomic E-state index is 0.0275. The third kappa shape index (κ3) is 4.99. The van der Waals surface area contributed by atoms with Crippen molar-refractivity contribution in [2.24, 2.45) is 4.99 Å². The lowest BCUT2D eigenvalue weighted by atomic mass is 9.99. The number of morpholine rings is 1. The molecule has 2 aliphatic rings. The Morgan fingerprint density at radius 3 is 2.67 bits per heavy atom. The van der Waals surface area contributed by atoms with Gasteiger partial charge in [-0.1, -0.05) is 35.6 Å². The fourth-order valence-electron chi connectivity index (χ4n) is 4.81. The van der Waals surface area contributed by atoms with Crippen LogP contribution in [0.15, 0.2) is 53.8 Å². The average Bonchev–Trinajstić information content (AvgIpc) is 3.46. The maximum atomic E-state index is 13.3. The first kappa shape index (κ1) is 25.4. The molecule has 196 valence electrons. The smallest absolute Gasteiger partial charge is 0.225 e. The number of hydrogen-bond donors (Lipinski definition) is 0. The van der Waals surface area contributed by atoms with Crippen LogP contribution in [-0.2, 0) is 9.53 Å². The first-order valence-electron chi connectivity index (χ1n) is 12.7. The van der Waals surface area contributed by atoms with E-state index in [1.807, 2.05) is 52.8 Å². The number of thiophene rings is 1. The van der Waals surface area contributed by atoms with Gasteiger partial charge >= 0.3 is 0 Å². The number of carbonyl (C=O) groups excluding carboxylic acids is 1. The normalized spacial score (nSPS) is 16.4. The van der Waals surface area contributed by atoms with Crippen molar-refractivity contribution in [2.45, 2.75) is 26.3 Å². The van der Waals surface area contributed by atoms with Crippen LogP contribution in [0.25, 0.3) is 5.00 Å². The number of carbonyl (C=O) groups is 1. The van der Waals surface area contributed by atoms with Crippen LogP contribution in [0.3, 0.4) is 0 Å². The van der Waals surface area contributed by atoms with E-state index in [0.717, 1.165) is 43.7 Å². The highest BCUT2D eigenvalue weighted by Crippen LogP contribution is 2.40. The van der Waals surface area contributed by atoms with E-state index in [0.29, 0.717) is 37.2 Å². The van der Waals surface area contributed by atoms with Gasteiger partial charge in [0.2, 0.25) is 5.91 Å². The first-order valence-corrected chi connectivity index (χ1v) is 13.9. The molecule has 0 unspecified atom stereocenters. The summed E-state index contributed by atoms with van der Waals surface area (Å²) in [7, 11) is 0. The molecule has 0 saturated carbocycles. The van der Waals surface area contributed by atoms with Gasteiger partial charge in [0.1, 0.15) is 16.9 Å². The lowest BCUT2D eigenvalue weighted by Gasteiger charge is -2.27. The van der Waals surface area contributed by atoms with Gasteiger partial charge in [0.15, 0.2) is 5.82 Å². The number of fused-ring (bicyclic) bond motifs is 3. The molecule has 6 rings (SSSR count). The zero-order valence-electron chi connectivity index (χ0n) is 21.5. The first-order chi connectivity index (χ1) is 19.0. The number of benzene rings is 1. The highest BCUT2D eigenvalue weighted by molar-refractivity contribution is 7.15. The SMILES string of the molecule is Cc1c(C#Cc2cccnc2)sc2c1C(c1ccc(Cl)cc1)=N[C@@H](CC(=O)N1CCOCC1)c1nnc(C)n1-2. The Balaban J connectivity index is 1.50. The van der Waals surface area contributed by atoms with Crippen LogP contribution in [0.2, 0.25) is 5.02 Å². The molecule has 39 heavy (non-hydrogen) atoms. The Kier molecular flexibility index (Phi) is 7.00. The number of aliphatic imine (C=N–C) groups is 1. The second-order valence-electron chi connectivity index (χ2n) is 9.37. The molecule has 1 amide bonds. The summed E-state index contributed by atoms with van der Waals surface area (Å²) in [6, 6.07) is 10.9. The summed E-state index contributed by atoms with van der Waals surface area (Å²) in [6.07, 6.45) is 3.67. The number of nitrogens with zero attached hydrogens (tertiary/aromatic N) is 6. The van der Waals surface area contributed by atoms with Gasteiger partial charge in [-0.05, 0) is 43.7 Å². The van der Waals surface area contributed by atoms with E-state index in [2.05, 4.69) is 33.9 Å². The Hall–Kier alpha value is -3.84. The van der Waals surface area contributed by atoms with Crippen molar-refractivity contribution in [3.63, 3.8) is 0 Å². The molecule has 4 aromatic rings. The highest BCUT2D eigenvalue weighted by Gasteiger charge is 2.33. The number of halogens is 1. The third-order valence-corrected chi connectivity index (χ3v) is 8.28. The van der Waals surface area contributed by atoms with Gasteiger partial charge in [-0.15, -0.1) is 21.5 Å². The zero-order chi connectivity index (χ0) is 26.9. The summed E-state index contributed by atoms with van der Waals surface area (Å²) in [5.41, 5.74) is 4.51. The van der Waals surface area contributed by atoms with Crippen molar-refractivity contribution in [3.05, 3.63) is 92.6 Å². The molecule has 1 aromatic carbocycles. The molecule has 5 heterocycles. The maximum Gasteiger partial charge on any atom is 0.225 e. The van der Waals surface area contributed by atoms with Gasteiger partial charge in [-0.25, -0.2) is 0 Å². The minimum atomic E-state index is -0.504. The molecule has 3 aromatic heterocycles. The van der Waals surface area contributed by atoms with Crippen LogP contribution in [-0.4, -0.2) is 62.6 Å². The van der Waals surface area contributed by atoms with Gasteiger partial charge in [-0.2, -0.15) is 0 Å². The van der Waals surface area contributed by atoms with E-state index in [-0.39, 0.29) is 12.3 Å². The fraction of sp³-hybridized carbons (Fsp3) is 0.276. The lowest BCUT2D eigenvalue weighted by molar-refractivity contribution is -0.135. The van der Waals surface area contributed by atoms with E-state index < -0.39 is 6.04 Å². The number of aromatic nitrogens is 4. The van der Waals surface area contributed by atoms with Crippen molar-refractivity contribution in [2.75, 3.05) is 26.3 Å². The van der Waals surface area contributed by atoms with Crippen molar-refractivity contribution >= 4 is 34.6 Å². The van der Waals surface area contributed by atoms with Crippen molar-refractivity contribution < 1.29 is 9.53 Å². The predicted molar refractivity (Wildman–Crippen MR) is 151 cm³/mol. The number of pyridine rings is 1. The van der Waals surface area contributed by atoms with Crippen LogP contribution >= 0.6 is 22.9 Å². The lowest BCUT2D eigenvalue weighted by Crippen LogP contribution is -2.41. The Bertz CT molecular complexity index is 1630. The predicted octanol–water partition coefficient (Wildman–Crippen LogP) is 4.53. The second kappa shape index (κ2) is 10.7. The number of aryl methyl sites for hydroxylation is 1. The molecule has 0 bridgehead atoms. The van der Waals surface area contributed by atoms with Crippen LogP contribution in [0.4, 0.5) is 0 Å². The molecule has 0 spiro atoms. The van der Waals surface area contributed by atoms with Gasteiger partial charge in [0.25, 0.3) is 0 Å².